The molecule has 0 radical (unpaired) electrons. The number of nitrogens with zero attached hydrogens (tertiary/aromatic N) is 1. The SMILES string of the molecule is COc1c(F)cc(CCN2C(=O)C=C(Nc3cc(F)c(C)c(F)c3)C2=O)cc1F. The van der Waals surface area contributed by atoms with Gasteiger partial charge in [-0.2, -0.15) is 0 Å². The number of nitrogens with one attached hydrogen (secondary N) is 1. The molecular weight excluding hydrogens is 392 g/mol. The van der Waals surface area contributed by atoms with Crippen molar-refractivity contribution in [3.8, 4) is 5.75 Å². The highest BCUT2D eigenvalue weighted by Gasteiger charge is 2.31. The van der Waals surface area contributed by atoms with Crippen molar-refractivity contribution in [3.05, 3.63) is 70.4 Å². The number of halogens is 4. The smallest absolute Gasteiger partial charge is 0.277 e. The number of carbonyl (C=O) groups excluding carboxylic acids is 2. The maximum absolute atomic E-state index is 13.8. The summed E-state index contributed by atoms with van der Waals surface area (Å²) in [7, 11) is 1.13. The Hall–Kier alpha value is -3.36. The van der Waals surface area contributed by atoms with Crippen LogP contribution in [0.4, 0.5) is 23.2 Å². The Kier molecular flexibility index (Phi) is 5.58. The molecule has 1 aliphatic rings. The van der Waals surface area contributed by atoms with Crippen molar-refractivity contribution < 1.29 is 31.9 Å². The Labute approximate surface area is 163 Å². The molecule has 0 saturated carbocycles. The number of amides is 2. The lowest BCUT2D eigenvalue weighted by Gasteiger charge is -2.16. The monoisotopic (exact) mass is 408 g/mol. The first kappa shape index (κ1) is 20.4. The molecule has 0 spiro atoms. The van der Waals surface area contributed by atoms with Crippen molar-refractivity contribution in [2.24, 2.45) is 0 Å². The number of methoxy groups -OCH3 is 1. The van der Waals surface area contributed by atoms with Crippen LogP contribution in [0.1, 0.15) is 11.1 Å². The van der Waals surface area contributed by atoms with Gasteiger partial charge in [0, 0.05) is 23.9 Å². The number of ether oxygens (including phenoxy) is 1. The second-order valence-electron chi connectivity index (χ2n) is 6.39. The van der Waals surface area contributed by atoms with Crippen molar-refractivity contribution in [2.75, 3.05) is 19.0 Å². The molecule has 9 heteroatoms. The summed E-state index contributed by atoms with van der Waals surface area (Å²) in [5.41, 5.74) is -0.131. The van der Waals surface area contributed by atoms with E-state index in [4.69, 9.17) is 0 Å². The lowest BCUT2D eigenvalue weighted by Crippen LogP contribution is -2.34. The molecule has 5 nitrogen and oxygen atoms in total. The highest BCUT2D eigenvalue weighted by Crippen LogP contribution is 2.24. The number of imide groups is 1. The average Bonchev–Trinajstić information content (AvgIpc) is 2.91. The van der Waals surface area contributed by atoms with Gasteiger partial charge in [-0.1, -0.05) is 0 Å². The highest BCUT2D eigenvalue weighted by molar-refractivity contribution is 6.17. The van der Waals surface area contributed by atoms with E-state index in [1.807, 2.05) is 0 Å². The van der Waals surface area contributed by atoms with Gasteiger partial charge in [0.2, 0.25) is 0 Å². The van der Waals surface area contributed by atoms with Crippen LogP contribution in [0.25, 0.3) is 0 Å². The fourth-order valence-corrected chi connectivity index (χ4v) is 2.88. The number of hydrogen-bond donors (Lipinski definition) is 1. The van der Waals surface area contributed by atoms with E-state index in [-0.39, 0.29) is 35.5 Å². The molecule has 0 aliphatic carbocycles. The topological polar surface area (TPSA) is 58.6 Å². The molecule has 1 aliphatic heterocycles. The van der Waals surface area contributed by atoms with Crippen LogP contribution in [0.5, 0.6) is 5.75 Å². The van der Waals surface area contributed by atoms with E-state index in [2.05, 4.69) is 10.1 Å². The van der Waals surface area contributed by atoms with Gasteiger partial charge >= 0.3 is 0 Å². The third-order valence-corrected chi connectivity index (χ3v) is 4.46. The molecule has 1 N–H and O–H groups in total. The summed E-state index contributed by atoms with van der Waals surface area (Å²) in [6.07, 6.45) is 0.997. The Morgan fingerprint density at radius 1 is 0.966 bits per heavy atom. The summed E-state index contributed by atoms with van der Waals surface area (Å²) >= 11 is 0. The third kappa shape index (κ3) is 4.08. The molecule has 1 heterocycles. The molecule has 29 heavy (non-hydrogen) atoms. The van der Waals surface area contributed by atoms with E-state index in [0.717, 1.165) is 42.4 Å². The van der Waals surface area contributed by atoms with Gasteiger partial charge in [-0.05, 0) is 43.2 Å². The van der Waals surface area contributed by atoms with Crippen LogP contribution >= 0.6 is 0 Å². The van der Waals surface area contributed by atoms with Crippen LogP contribution in [-0.2, 0) is 16.0 Å². The van der Waals surface area contributed by atoms with Gasteiger partial charge in [0.1, 0.15) is 17.3 Å². The summed E-state index contributed by atoms with van der Waals surface area (Å²) in [6, 6.07) is 4.11. The predicted molar refractivity (Wildman–Crippen MR) is 96.1 cm³/mol. The van der Waals surface area contributed by atoms with Crippen LogP contribution in [0.2, 0.25) is 0 Å². The Morgan fingerprint density at radius 3 is 2.10 bits per heavy atom. The van der Waals surface area contributed by atoms with E-state index in [0.29, 0.717) is 0 Å². The zero-order chi connectivity index (χ0) is 21.3. The van der Waals surface area contributed by atoms with E-state index in [9.17, 15) is 27.2 Å². The Bertz CT molecular complexity index is 990. The number of benzene rings is 2. The molecule has 2 amide bonds. The first-order chi connectivity index (χ1) is 13.7. The zero-order valence-corrected chi connectivity index (χ0v) is 15.5. The van der Waals surface area contributed by atoms with Crippen molar-refractivity contribution in [2.45, 2.75) is 13.3 Å². The summed E-state index contributed by atoms with van der Waals surface area (Å²) in [5.74, 6) is -5.29. The maximum atomic E-state index is 13.8. The highest BCUT2D eigenvalue weighted by atomic mass is 19.1. The quantitative estimate of drug-likeness (QED) is 0.588. The third-order valence-electron chi connectivity index (χ3n) is 4.46. The summed E-state index contributed by atoms with van der Waals surface area (Å²) in [4.78, 5) is 25.4. The van der Waals surface area contributed by atoms with Gasteiger partial charge in [0.05, 0.1) is 7.11 Å². The first-order valence-corrected chi connectivity index (χ1v) is 8.53. The van der Waals surface area contributed by atoms with Crippen LogP contribution < -0.4 is 10.1 Å². The van der Waals surface area contributed by atoms with Gasteiger partial charge in [0.25, 0.3) is 11.8 Å². The molecule has 3 rings (SSSR count). The Morgan fingerprint density at radius 2 is 1.55 bits per heavy atom. The molecule has 0 atom stereocenters. The number of anilines is 1. The number of hydrogen-bond acceptors (Lipinski definition) is 4. The Balaban J connectivity index is 1.70. The lowest BCUT2D eigenvalue weighted by molar-refractivity contribution is -0.137. The van der Waals surface area contributed by atoms with Gasteiger partial charge in [-0.25, -0.2) is 17.6 Å². The van der Waals surface area contributed by atoms with Crippen LogP contribution in [0.15, 0.2) is 36.0 Å². The van der Waals surface area contributed by atoms with Crippen LogP contribution in [0.3, 0.4) is 0 Å². The second kappa shape index (κ2) is 7.94. The number of carbonyl (C=O) groups is 2. The minimum Gasteiger partial charge on any atom is -0.491 e. The van der Waals surface area contributed by atoms with E-state index >= 15 is 0 Å². The molecule has 0 bridgehead atoms. The fraction of sp³-hybridized carbons (Fsp3) is 0.200. The molecular formula is C20H16F4N2O3. The normalized spacial score (nSPS) is 13.7. The van der Waals surface area contributed by atoms with Crippen LogP contribution in [0, 0.1) is 30.2 Å². The summed E-state index contributed by atoms with van der Waals surface area (Å²) in [6.45, 7) is 1.13. The van der Waals surface area contributed by atoms with Crippen molar-refractivity contribution in [1.82, 2.24) is 4.90 Å². The largest absolute Gasteiger partial charge is 0.491 e. The summed E-state index contributed by atoms with van der Waals surface area (Å²) in [5, 5.41) is 2.52. The van der Waals surface area contributed by atoms with Gasteiger partial charge in [-0.15, -0.1) is 0 Å². The zero-order valence-electron chi connectivity index (χ0n) is 15.5. The van der Waals surface area contributed by atoms with Crippen molar-refractivity contribution >= 4 is 17.5 Å². The van der Waals surface area contributed by atoms with Gasteiger partial charge in [0.15, 0.2) is 17.4 Å². The molecule has 2 aromatic rings. The standard InChI is InChI=1S/C20H16F4N2O3/c1-10-13(21)7-12(8-14(10)22)25-17-9-18(27)26(20(17)28)4-3-11-5-15(23)19(29-2)16(24)6-11/h5-9,25H,3-4H2,1-2H3. The molecule has 152 valence electrons. The van der Waals surface area contributed by atoms with Crippen LogP contribution in [-0.4, -0.2) is 30.4 Å². The minimum absolute atomic E-state index is 0.00419. The summed E-state index contributed by atoms with van der Waals surface area (Å²) < 4.78 is 59.5. The molecule has 0 fully saturated rings. The van der Waals surface area contributed by atoms with Gasteiger partial charge < -0.3 is 10.1 Å². The van der Waals surface area contributed by atoms with E-state index in [1.165, 1.54) is 6.92 Å². The average molecular weight is 408 g/mol. The lowest BCUT2D eigenvalue weighted by atomic mass is 10.1. The molecule has 0 saturated heterocycles. The minimum atomic E-state index is -0.898. The maximum Gasteiger partial charge on any atom is 0.277 e. The predicted octanol–water partition coefficient (Wildman–Crippen LogP) is 3.47. The first-order valence-electron chi connectivity index (χ1n) is 8.53. The second-order valence-corrected chi connectivity index (χ2v) is 6.39. The fourth-order valence-electron chi connectivity index (χ4n) is 2.88. The van der Waals surface area contributed by atoms with Crippen molar-refractivity contribution in [1.29, 1.82) is 0 Å². The van der Waals surface area contributed by atoms with Gasteiger partial charge in [-0.3, -0.25) is 14.5 Å². The number of rotatable bonds is 6. The molecule has 2 aromatic carbocycles. The molecule has 0 aromatic heterocycles. The van der Waals surface area contributed by atoms with E-state index in [1.54, 1.807) is 0 Å². The molecule has 0 unspecified atom stereocenters. The van der Waals surface area contributed by atoms with Crippen molar-refractivity contribution in [3.63, 3.8) is 0 Å². The van der Waals surface area contributed by atoms with E-state index < -0.39 is 40.8 Å².